The third kappa shape index (κ3) is 2.88. The fraction of sp³-hybridized carbons (Fsp3) is 0.462. The third-order valence-electron chi connectivity index (χ3n) is 3.22. The van der Waals surface area contributed by atoms with Crippen molar-refractivity contribution in [2.45, 2.75) is 19.4 Å². The van der Waals surface area contributed by atoms with E-state index in [-0.39, 0.29) is 28.9 Å². The van der Waals surface area contributed by atoms with Gasteiger partial charge in [0.1, 0.15) is 11.3 Å². The Balaban J connectivity index is 2.33. The summed E-state index contributed by atoms with van der Waals surface area (Å²) in [5.74, 6) is -0.374. The number of benzene rings is 1. The smallest absolute Gasteiger partial charge is 0.304 e. The lowest BCUT2D eigenvalue weighted by Gasteiger charge is -2.22. The van der Waals surface area contributed by atoms with Crippen molar-refractivity contribution in [3.05, 3.63) is 33.9 Å². The molecule has 1 aromatic rings. The molecule has 0 aromatic heterocycles. The van der Waals surface area contributed by atoms with E-state index in [0.29, 0.717) is 26.1 Å². The maximum atomic E-state index is 12.5. The number of nitrogens with zero attached hydrogens (tertiary/aromatic N) is 2. The molecular weight excluding hydrogens is 262 g/mol. The molecule has 0 radical (unpaired) electrons. The number of nitrogen functional groups attached to an aromatic ring is 1. The van der Waals surface area contributed by atoms with Crippen molar-refractivity contribution in [2.75, 3.05) is 25.4 Å². The molecule has 2 rings (SSSR count). The Hall–Kier alpha value is -2.15. The molecule has 0 saturated carbocycles. The number of hydrogen-bond donors (Lipinski definition) is 1. The first-order valence-electron chi connectivity index (χ1n) is 6.44. The maximum Gasteiger partial charge on any atom is 0.304 e. The van der Waals surface area contributed by atoms with Gasteiger partial charge in [-0.2, -0.15) is 0 Å². The fourth-order valence-corrected chi connectivity index (χ4v) is 2.29. The molecule has 1 aromatic carbocycles. The lowest BCUT2D eigenvalue weighted by atomic mass is 10.1. The van der Waals surface area contributed by atoms with E-state index in [1.807, 2.05) is 6.92 Å². The second-order valence-electron chi connectivity index (χ2n) is 4.79. The van der Waals surface area contributed by atoms with Crippen molar-refractivity contribution in [3.8, 4) is 0 Å². The number of carbonyl (C=O) groups is 1. The zero-order chi connectivity index (χ0) is 14.7. The Morgan fingerprint density at radius 1 is 1.55 bits per heavy atom. The largest absolute Gasteiger partial charge is 0.393 e. The van der Waals surface area contributed by atoms with Crippen molar-refractivity contribution in [2.24, 2.45) is 0 Å². The van der Waals surface area contributed by atoms with Crippen LogP contribution in [0.3, 0.4) is 0 Å². The first kappa shape index (κ1) is 14.3. The average molecular weight is 279 g/mol. The highest BCUT2D eigenvalue weighted by Crippen LogP contribution is 2.27. The summed E-state index contributed by atoms with van der Waals surface area (Å²) in [5, 5.41) is 11.1. The topological polar surface area (TPSA) is 98.7 Å². The standard InChI is InChI=1S/C13H17N3O4/c1-9-8-15(6-3-7-20-9)13(17)10-4-2-5-11(14)12(10)16(18)19/h2,4-5,9H,3,6-8,14H2,1H3. The highest BCUT2D eigenvalue weighted by atomic mass is 16.6. The molecule has 0 bridgehead atoms. The summed E-state index contributed by atoms with van der Waals surface area (Å²) in [6.07, 6.45) is 0.633. The Labute approximate surface area is 116 Å². The van der Waals surface area contributed by atoms with Crippen LogP contribution in [0.1, 0.15) is 23.7 Å². The molecule has 1 fully saturated rings. The van der Waals surface area contributed by atoms with E-state index in [2.05, 4.69) is 0 Å². The van der Waals surface area contributed by atoms with Gasteiger partial charge in [0.15, 0.2) is 0 Å². The van der Waals surface area contributed by atoms with Crippen molar-refractivity contribution in [1.29, 1.82) is 0 Å². The predicted molar refractivity (Wildman–Crippen MR) is 73.4 cm³/mol. The minimum absolute atomic E-state index is 0.0000274. The number of ether oxygens (including phenoxy) is 1. The first-order chi connectivity index (χ1) is 9.50. The number of carbonyl (C=O) groups excluding carboxylic acids is 1. The van der Waals surface area contributed by atoms with E-state index in [4.69, 9.17) is 10.5 Å². The Kier molecular flexibility index (Phi) is 4.19. The van der Waals surface area contributed by atoms with Gasteiger partial charge in [0.05, 0.1) is 11.0 Å². The zero-order valence-electron chi connectivity index (χ0n) is 11.2. The lowest BCUT2D eigenvalue weighted by Crippen LogP contribution is -2.36. The average Bonchev–Trinajstić information content (AvgIpc) is 2.61. The van der Waals surface area contributed by atoms with Crippen molar-refractivity contribution in [3.63, 3.8) is 0 Å². The van der Waals surface area contributed by atoms with Crippen molar-refractivity contribution in [1.82, 2.24) is 4.90 Å². The van der Waals surface area contributed by atoms with Gasteiger partial charge in [-0.1, -0.05) is 6.07 Å². The highest BCUT2D eigenvalue weighted by molar-refractivity contribution is 6.00. The van der Waals surface area contributed by atoms with Gasteiger partial charge in [-0.15, -0.1) is 0 Å². The van der Waals surface area contributed by atoms with Gasteiger partial charge < -0.3 is 15.4 Å². The minimum atomic E-state index is -0.611. The van der Waals surface area contributed by atoms with Crippen molar-refractivity contribution >= 4 is 17.3 Å². The summed E-state index contributed by atoms with van der Waals surface area (Å²) in [6.45, 7) is 3.41. The Morgan fingerprint density at radius 2 is 2.30 bits per heavy atom. The van der Waals surface area contributed by atoms with E-state index < -0.39 is 4.92 Å². The molecule has 108 valence electrons. The van der Waals surface area contributed by atoms with Crippen LogP contribution in [0.5, 0.6) is 0 Å². The summed E-state index contributed by atoms with van der Waals surface area (Å²) >= 11 is 0. The summed E-state index contributed by atoms with van der Waals surface area (Å²) in [4.78, 5) is 24.6. The lowest BCUT2D eigenvalue weighted by molar-refractivity contribution is -0.384. The van der Waals surface area contributed by atoms with Crippen LogP contribution < -0.4 is 5.73 Å². The van der Waals surface area contributed by atoms with Gasteiger partial charge in [0, 0.05) is 19.7 Å². The Bertz CT molecular complexity index is 532. The summed E-state index contributed by atoms with van der Waals surface area (Å²) in [6, 6.07) is 4.41. The number of hydrogen-bond acceptors (Lipinski definition) is 5. The quantitative estimate of drug-likeness (QED) is 0.501. The second-order valence-corrected chi connectivity index (χ2v) is 4.79. The van der Waals surface area contributed by atoms with Crippen molar-refractivity contribution < 1.29 is 14.5 Å². The molecular formula is C13H17N3O4. The molecule has 0 aliphatic carbocycles. The van der Waals surface area contributed by atoms with Crippen LogP contribution in [0.25, 0.3) is 0 Å². The van der Waals surface area contributed by atoms with E-state index in [1.165, 1.54) is 12.1 Å². The SMILES string of the molecule is CC1CN(C(=O)c2cccc(N)c2[N+](=O)[O-])CCCO1. The van der Waals surface area contributed by atoms with E-state index in [9.17, 15) is 14.9 Å². The monoisotopic (exact) mass is 279 g/mol. The third-order valence-corrected chi connectivity index (χ3v) is 3.22. The normalized spacial score (nSPS) is 19.4. The zero-order valence-corrected chi connectivity index (χ0v) is 11.2. The van der Waals surface area contributed by atoms with Gasteiger partial charge in [-0.3, -0.25) is 14.9 Å². The summed E-state index contributed by atoms with van der Waals surface area (Å²) in [5.41, 5.74) is 5.32. The fourth-order valence-electron chi connectivity index (χ4n) is 2.29. The van der Waals surface area contributed by atoms with Crippen LogP contribution in [0, 0.1) is 10.1 Å². The summed E-state index contributed by atoms with van der Waals surface area (Å²) in [7, 11) is 0. The second kappa shape index (κ2) is 5.87. The van der Waals surface area contributed by atoms with Gasteiger partial charge in [-0.05, 0) is 25.5 Å². The van der Waals surface area contributed by atoms with Gasteiger partial charge >= 0.3 is 5.69 Å². The van der Waals surface area contributed by atoms with Crippen LogP contribution in [-0.4, -0.2) is 41.5 Å². The van der Waals surface area contributed by atoms with E-state index in [0.717, 1.165) is 0 Å². The molecule has 1 saturated heterocycles. The molecule has 1 atom stereocenters. The van der Waals surface area contributed by atoms with E-state index >= 15 is 0 Å². The number of para-hydroxylation sites is 1. The molecule has 1 aliphatic heterocycles. The molecule has 20 heavy (non-hydrogen) atoms. The molecule has 1 heterocycles. The van der Waals surface area contributed by atoms with Gasteiger partial charge in [0.25, 0.3) is 5.91 Å². The molecule has 1 aliphatic rings. The number of anilines is 1. The van der Waals surface area contributed by atoms with Crippen LogP contribution >= 0.6 is 0 Å². The Morgan fingerprint density at radius 3 is 3.00 bits per heavy atom. The number of amides is 1. The number of nitrogens with two attached hydrogens (primary N) is 1. The molecule has 1 amide bonds. The predicted octanol–water partition coefficient (Wildman–Crippen LogP) is 1.43. The molecule has 7 nitrogen and oxygen atoms in total. The van der Waals surface area contributed by atoms with Gasteiger partial charge in [-0.25, -0.2) is 0 Å². The molecule has 7 heteroatoms. The number of nitro groups is 1. The van der Waals surface area contributed by atoms with E-state index in [1.54, 1.807) is 11.0 Å². The van der Waals surface area contributed by atoms with Crippen LogP contribution in [-0.2, 0) is 4.74 Å². The van der Waals surface area contributed by atoms with Crippen LogP contribution in [0.2, 0.25) is 0 Å². The minimum Gasteiger partial charge on any atom is -0.393 e. The highest BCUT2D eigenvalue weighted by Gasteiger charge is 2.28. The molecule has 0 spiro atoms. The number of rotatable bonds is 2. The summed E-state index contributed by atoms with van der Waals surface area (Å²) < 4.78 is 5.47. The maximum absolute atomic E-state index is 12.5. The number of nitro benzene ring substituents is 1. The molecule has 2 N–H and O–H groups in total. The molecule has 1 unspecified atom stereocenters. The van der Waals surface area contributed by atoms with Crippen LogP contribution in [0.15, 0.2) is 18.2 Å². The first-order valence-corrected chi connectivity index (χ1v) is 6.44. The van der Waals surface area contributed by atoms with Crippen LogP contribution in [0.4, 0.5) is 11.4 Å². The van der Waals surface area contributed by atoms with Gasteiger partial charge in [0.2, 0.25) is 0 Å².